The van der Waals surface area contributed by atoms with Crippen LogP contribution < -0.4 is 4.74 Å². The molecule has 4 aliphatic rings. The maximum Gasteiger partial charge on any atom is 0.237 e. The minimum absolute atomic E-state index is 0.0534. The molecule has 0 aromatic heterocycles. The molecule has 1 aliphatic heterocycles. The van der Waals surface area contributed by atoms with E-state index in [1.165, 1.54) is 27.2 Å². The van der Waals surface area contributed by atoms with Crippen LogP contribution in [0.2, 0.25) is 0 Å². The van der Waals surface area contributed by atoms with E-state index in [2.05, 4.69) is 24.3 Å². The first kappa shape index (κ1) is 18.4. The zero-order chi connectivity index (χ0) is 21.3. The van der Waals surface area contributed by atoms with E-state index in [1.807, 2.05) is 55.5 Å². The normalized spacial score (nSPS) is 27.7. The van der Waals surface area contributed by atoms with E-state index < -0.39 is 5.41 Å². The molecule has 0 radical (unpaired) electrons. The zero-order valence-electron chi connectivity index (χ0n) is 17.5. The topological polar surface area (TPSA) is 46.6 Å². The molecule has 154 valence electrons. The summed E-state index contributed by atoms with van der Waals surface area (Å²) in [7, 11) is 1.62. The van der Waals surface area contributed by atoms with Gasteiger partial charge in [0.05, 0.1) is 25.0 Å². The van der Waals surface area contributed by atoms with Crippen molar-refractivity contribution in [3.8, 4) is 5.75 Å². The van der Waals surface area contributed by atoms with Gasteiger partial charge in [-0.25, -0.2) is 0 Å². The number of carbonyl (C=O) groups excluding carboxylic acids is 2. The number of hydrogen-bond donors (Lipinski definition) is 0. The van der Waals surface area contributed by atoms with Crippen molar-refractivity contribution in [2.45, 2.75) is 25.3 Å². The van der Waals surface area contributed by atoms with Crippen LogP contribution in [0, 0.1) is 11.3 Å². The zero-order valence-corrected chi connectivity index (χ0v) is 17.5. The molecule has 0 spiro atoms. The van der Waals surface area contributed by atoms with Crippen molar-refractivity contribution in [1.82, 2.24) is 4.90 Å². The van der Waals surface area contributed by atoms with Crippen LogP contribution in [0.4, 0.5) is 0 Å². The minimum atomic E-state index is -0.767. The van der Waals surface area contributed by atoms with Crippen molar-refractivity contribution in [3.05, 3.63) is 101 Å². The Morgan fingerprint density at radius 1 is 0.839 bits per heavy atom. The Hall–Kier alpha value is -3.40. The summed E-state index contributed by atoms with van der Waals surface area (Å²) in [5, 5.41) is 0. The monoisotopic (exact) mass is 409 g/mol. The molecule has 31 heavy (non-hydrogen) atoms. The molecule has 1 fully saturated rings. The molecule has 3 aliphatic carbocycles. The number of rotatable bonds is 3. The van der Waals surface area contributed by atoms with Crippen molar-refractivity contribution in [1.29, 1.82) is 0 Å². The number of amides is 2. The molecule has 1 saturated heterocycles. The second kappa shape index (κ2) is 6.30. The van der Waals surface area contributed by atoms with Crippen LogP contribution in [0.3, 0.4) is 0 Å². The molecule has 0 N–H and O–H groups in total. The van der Waals surface area contributed by atoms with Gasteiger partial charge in [0.2, 0.25) is 11.8 Å². The van der Waals surface area contributed by atoms with Gasteiger partial charge in [-0.05, 0) is 46.9 Å². The van der Waals surface area contributed by atoms with Crippen LogP contribution in [0.25, 0.3) is 0 Å². The minimum Gasteiger partial charge on any atom is -0.497 e. The average Bonchev–Trinajstić information content (AvgIpc) is 3.00. The lowest BCUT2D eigenvalue weighted by Gasteiger charge is -2.51. The highest BCUT2D eigenvalue weighted by Gasteiger charge is 2.68. The van der Waals surface area contributed by atoms with Gasteiger partial charge in [-0.2, -0.15) is 0 Å². The largest absolute Gasteiger partial charge is 0.497 e. The Kier molecular flexibility index (Phi) is 3.73. The Labute approximate surface area is 181 Å². The summed E-state index contributed by atoms with van der Waals surface area (Å²) in [5.74, 6) is 0.0898. The summed E-state index contributed by atoms with van der Waals surface area (Å²) in [6.45, 7) is 2.30. The van der Waals surface area contributed by atoms with E-state index in [0.717, 1.165) is 11.3 Å². The van der Waals surface area contributed by atoms with E-state index in [9.17, 15) is 9.59 Å². The van der Waals surface area contributed by atoms with Crippen molar-refractivity contribution >= 4 is 11.8 Å². The molecule has 4 heteroatoms. The van der Waals surface area contributed by atoms with Crippen molar-refractivity contribution in [3.63, 3.8) is 0 Å². The van der Waals surface area contributed by atoms with Crippen molar-refractivity contribution in [2.75, 3.05) is 7.11 Å². The molecule has 1 heterocycles. The van der Waals surface area contributed by atoms with Gasteiger partial charge >= 0.3 is 0 Å². The first-order valence-corrected chi connectivity index (χ1v) is 10.7. The third-order valence-corrected chi connectivity index (χ3v) is 7.60. The third-order valence-electron chi connectivity index (χ3n) is 7.60. The Morgan fingerprint density at radius 3 is 1.94 bits per heavy atom. The summed E-state index contributed by atoms with van der Waals surface area (Å²) in [4.78, 5) is 29.2. The molecule has 7 rings (SSSR count). The Morgan fingerprint density at radius 2 is 1.39 bits per heavy atom. The van der Waals surface area contributed by atoms with Crippen LogP contribution in [-0.4, -0.2) is 23.8 Å². The van der Waals surface area contributed by atoms with Crippen LogP contribution in [0.1, 0.15) is 46.6 Å². The molecular weight excluding hydrogens is 386 g/mol. The highest BCUT2D eigenvalue weighted by atomic mass is 16.5. The van der Waals surface area contributed by atoms with Gasteiger partial charge in [0.25, 0.3) is 0 Å². The number of hydrogen-bond acceptors (Lipinski definition) is 3. The lowest BCUT2D eigenvalue weighted by atomic mass is 9.48. The molecule has 3 aromatic rings. The van der Waals surface area contributed by atoms with E-state index >= 15 is 0 Å². The number of methoxy groups -OCH3 is 1. The fourth-order valence-electron chi connectivity index (χ4n) is 6.26. The summed E-state index contributed by atoms with van der Waals surface area (Å²) in [6.07, 6.45) is 0. The molecule has 4 nitrogen and oxygen atoms in total. The lowest BCUT2D eigenvalue weighted by Crippen LogP contribution is -2.49. The van der Waals surface area contributed by atoms with E-state index in [-0.39, 0.29) is 29.6 Å². The molecule has 2 bridgehead atoms. The van der Waals surface area contributed by atoms with E-state index in [1.54, 1.807) is 7.11 Å². The summed E-state index contributed by atoms with van der Waals surface area (Å²) >= 11 is 0. The SMILES string of the molecule is COc1ccc(CN2C(=O)[C@@H]3C4c5ccccc5C(c5ccccc54)[C@@]3(C)C2=O)cc1. The standard InChI is InChI=1S/C27H23NO3/c1-27-23-20-9-5-3-7-18(20)22(19-8-4-6-10-21(19)23)24(27)25(29)28(26(27)30)15-16-11-13-17(31-2)14-12-16/h3-14,22-24H,15H2,1-2H3/t22?,23?,24-,27+/m0/s1. The smallest absolute Gasteiger partial charge is 0.237 e. The number of ether oxygens (including phenoxy) is 1. The fraction of sp³-hybridized carbons (Fsp3) is 0.259. The molecular formula is C27H23NO3. The fourth-order valence-corrected chi connectivity index (χ4v) is 6.26. The predicted octanol–water partition coefficient (Wildman–Crippen LogP) is 4.48. The highest BCUT2D eigenvalue weighted by Crippen LogP contribution is 2.66. The Balaban J connectivity index is 1.48. The van der Waals surface area contributed by atoms with Crippen LogP contribution in [0.15, 0.2) is 72.8 Å². The summed E-state index contributed by atoms with van der Waals surface area (Å²) in [6, 6.07) is 24.2. The summed E-state index contributed by atoms with van der Waals surface area (Å²) < 4.78 is 5.24. The second-order valence-electron chi connectivity index (χ2n) is 9.01. The molecule has 0 saturated carbocycles. The van der Waals surface area contributed by atoms with Crippen LogP contribution >= 0.6 is 0 Å². The summed E-state index contributed by atoms with van der Waals surface area (Å²) in [5.41, 5.74) is 4.93. The predicted molar refractivity (Wildman–Crippen MR) is 117 cm³/mol. The lowest BCUT2D eigenvalue weighted by molar-refractivity contribution is -0.142. The van der Waals surface area contributed by atoms with E-state index in [4.69, 9.17) is 4.74 Å². The molecule has 0 unspecified atom stereocenters. The number of nitrogens with zero attached hydrogens (tertiary/aromatic N) is 1. The number of likely N-dealkylation sites (tertiary alicyclic amines) is 1. The quantitative estimate of drug-likeness (QED) is 0.600. The number of imide groups is 1. The molecule has 2 amide bonds. The molecule has 2 atom stereocenters. The van der Waals surface area contributed by atoms with Gasteiger partial charge in [0.1, 0.15) is 5.75 Å². The highest BCUT2D eigenvalue weighted by molar-refractivity contribution is 6.09. The first-order valence-electron chi connectivity index (χ1n) is 10.7. The molecule has 3 aromatic carbocycles. The van der Waals surface area contributed by atoms with E-state index in [0.29, 0.717) is 6.54 Å². The third kappa shape index (κ3) is 2.25. The number of carbonyl (C=O) groups is 2. The van der Waals surface area contributed by atoms with Gasteiger partial charge in [-0.3, -0.25) is 14.5 Å². The van der Waals surface area contributed by atoms with Gasteiger partial charge < -0.3 is 4.74 Å². The maximum absolute atomic E-state index is 13.9. The number of benzene rings is 3. The van der Waals surface area contributed by atoms with Gasteiger partial charge in [0, 0.05) is 11.8 Å². The van der Waals surface area contributed by atoms with Crippen molar-refractivity contribution in [2.24, 2.45) is 11.3 Å². The first-order chi connectivity index (χ1) is 15.1. The average molecular weight is 409 g/mol. The maximum atomic E-state index is 13.9. The van der Waals surface area contributed by atoms with Gasteiger partial charge in [-0.1, -0.05) is 60.7 Å². The van der Waals surface area contributed by atoms with Gasteiger partial charge in [0.15, 0.2) is 0 Å². The Bertz CT molecular complexity index is 1180. The second-order valence-corrected chi connectivity index (χ2v) is 9.01. The van der Waals surface area contributed by atoms with Crippen LogP contribution in [-0.2, 0) is 16.1 Å². The van der Waals surface area contributed by atoms with Gasteiger partial charge in [-0.15, -0.1) is 0 Å². The van der Waals surface area contributed by atoms with Crippen molar-refractivity contribution < 1.29 is 14.3 Å². The van der Waals surface area contributed by atoms with Crippen LogP contribution in [0.5, 0.6) is 5.75 Å².